The van der Waals surface area contributed by atoms with Crippen molar-refractivity contribution >= 4 is 18.3 Å². The summed E-state index contributed by atoms with van der Waals surface area (Å²) in [4.78, 5) is 13.8. The zero-order valence-electron chi connectivity index (χ0n) is 12.3. The van der Waals surface area contributed by atoms with Gasteiger partial charge in [0.2, 0.25) is 5.91 Å². The maximum absolute atomic E-state index is 12.7. The molecule has 0 aliphatic carbocycles. The summed E-state index contributed by atoms with van der Waals surface area (Å²) in [6.07, 6.45) is -2.79. The number of alkyl halides is 3. The molecule has 124 valence electrons. The summed E-state index contributed by atoms with van der Waals surface area (Å²) in [7, 11) is 1.64. The Balaban J connectivity index is 0.00000242. The minimum Gasteiger partial charge on any atom is -0.341 e. The SMILES string of the molecule is CN(Cc1cccc(C(F)(F)F)c1)C(=O)C1CCNCC1.Cl. The van der Waals surface area contributed by atoms with Crippen molar-refractivity contribution in [1.82, 2.24) is 10.2 Å². The third kappa shape index (κ3) is 4.88. The molecule has 1 aliphatic heterocycles. The van der Waals surface area contributed by atoms with Crippen molar-refractivity contribution in [3.05, 3.63) is 35.4 Å². The first kappa shape index (κ1) is 18.8. The lowest BCUT2D eigenvalue weighted by atomic mass is 9.96. The van der Waals surface area contributed by atoms with Gasteiger partial charge in [0.25, 0.3) is 0 Å². The van der Waals surface area contributed by atoms with Gasteiger partial charge in [-0.05, 0) is 43.6 Å². The zero-order chi connectivity index (χ0) is 15.5. The van der Waals surface area contributed by atoms with Crippen LogP contribution in [-0.4, -0.2) is 30.9 Å². The lowest BCUT2D eigenvalue weighted by Crippen LogP contribution is -2.38. The van der Waals surface area contributed by atoms with Crippen LogP contribution in [0.25, 0.3) is 0 Å². The van der Waals surface area contributed by atoms with Crippen molar-refractivity contribution in [2.75, 3.05) is 20.1 Å². The molecule has 1 aromatic carbocycles. The number of amides is 1. The highest BCUT2D eigenvalue weighted by Crippen LogP contribution is 2.29. The third-order valence-corrected chi connectivity index (χ3v) is 3.74. The fourth-order valence-corrected chi connectivity index (χ4v) is 2.58. The van der Waals surface area contributed by atoms with Crippen LogP contribution in [-0.2, 0) is 17.5 Å². The second kappa shape index (κ2) is 7.83. The molecule has 1 saturated heterocycles. The van der Waals surface area contributed by atoms with E-state index in [-0.39, 0.29) is 30.8 Å². The molecular weight excluding hydrogens is 317 g/mol. The molecule has 0 saturated carbocycles. The van der Waals surface area contributed by atoms with E-state index in [1.807, 2.05) is 0 Å². The molecule has 0 spiro atoms. The van der Waals surface area contributed by atoms with E-state index in [0.29, 0.717) is 5.56 Å². The molecule has 0 aromatic heterocycles. The summed E-state index contributed by atoms with van der Waals surface area (Å²) in [6, 6.07) is 5.13. The summed E-state index contributed by atoms with van der Waals surface area (Å²) in [5.74, 6) is -0.0176. The van der Waals surface area contributed by atoms with Gasteiger partial charge in [-0.3, -0.25) is 4.79 Å². The minimum absolute atomic E-state index is 0. The van der Waals surface area contributed by atoms with E-state index in [2.05, 4.69) is 5.32 Å². The molecule has 3 nitrogen and oxygen atoms in total. The first-order chi connectivity index (χ1) is 9.88. The molecule has 1 fully saturated rings. The van der Waals surface area contributed by atoms with Gasteiger partial charge in [-0.25, -0.2) is 0 Å². The van der Waals surface area contributed by atoms with Gasteiger partial charge in [-0.1, -0.05) is 12.1 Å². The van der Waals surface area contributed by atoms with E-state index in [0.717, 1.165) is 38.1 Å². The van der Waals surface area contributed by atoms with Crippen molar-refractivity contribution in [3.63, 3.8) is 0 Å². The largest absolute Gasteiger partial charge is 0.416 e. The molecule has 1 amide bonds. The molecule has 22 heavy (non-hydrogen) atoms. The second-order valence-electron chi connectivity index (χ2n) is 5.42. The standard InChI is InChI=1S/C15H19F3N2O.ClH/c1-20(14(21)12-5-7-19-8-6-12)10-11-3-2-4-13(9-11)15(16,17)18;/h2-4,9,12,19H,5-8,10H2,1H3;1H. The Labute approximate surface area is 134 Å². The van der Waals surface area contributed by atoms with Gasteiger partial charge < -0.3 is 10.2 Å². The van der Waals surface area contributed by atoms with Crippen molar-refractivity contribution in [2.45, 2.75) is 25.6 Å². The average Bonchev–Trinajstić information content (AvgIpc) is 2.47. The zero-order valence-corrected chi connectivity index (χ0v) is 13.1. The Morgan fingerprint density at radius 3 is 2.55 bits per heavy atom. The first-order valence-corrected chi connectivity index (χ1v) is 7.00. The number of hydrogen-bond donors (Lipinski definition) is 1. The van der Waals surface area contributed by atoms with Crippen LogP contribution in [0.5, 0.6) is 0 Å². The van der Waals surface area contributed by atoms with Crippen LogP contribution < -0.4 is 5.32 Å². The lowest BCUT2D eigenvalue weighted by Gasteiger charge is -2.27. The predicted molar refractivity (Wildman–Crippen MR) is 80.8 cm³/mol. The fourth-order valence-electron chi connectivity index (χ4n) is 2.58. The second-order valence-corrected chi connectivity index (χ2v) is 5.42. The Bertz CT molecular complexity index is 502. The number of hydrogen-bond acceptors (Lipinski definition) is 2. The Morgan fingerprint density at radius 1 is 1.32 bits per heavy atom. The van der Waals surface area contributed by atoms with Gasteiger partial charge >= 0.3 is 6.18 Å². The van der Waals surface area contributed by atoms with Gasteiger partial charge in [0, 0.05) is 19.5 Å². The number of nitrogens with zero attached hydrogens (tertiary/aromatic N) is 1. The van der Waals surface area contributed by atoms with Crippen LogP contribution >= 0.6 is 12.4 Å². The first-order valence-electron chi connectivity index (χ1n) is 7.00. The van der Waals surface area contributed by atoms with Gasteiger partial charge in [-0.2, -0.15) is 13.2 Å². The number of piperidine rings is 1. The molecule has 1 heterocycles. The van der Waals surface area contributed by atoms with Crippen LogP contribution in [0.15, 0.2) is 24.3 Å². The highest BCUT2D eigenvalue weighted by atomic mass is 35.5. The molecule has 0 bridgehead atoms. The number of carbonyl (C=O) groups is 1. The van der Waals surface area contributed by atoms with E-state index >= 15 is 0 Å². The quantitative estimate of drug-likeness (QED) is 0.920. The highest BCUT2D eigenvalue weighted by Gasteiger charge is 2.30. The van der Waals surface area contributed by atoms with Gasteiger partial charge in [-0.15, -0.1) is 12.4 Å². The number of benzene rings is 1. The van der Waals surface area contributed by atoms with Gasteiger partial charge in [0.1, 0.15) is 0 Å². The maximum atomic E-state index is 12.7. The lowest BCUT2D eigenvalue weighted by molar-refractivity contribution is -0.137. The van der Waals surface area contributed by atoms with Crippen LogP contribution in [0.1, 0.15) is 24.0 Å². The van der Waals surface area contributed by atoms with E-state index in [9.17, 15) is 18.0 Å². The number of nitrogens with one attached hydrogen (secondary N) is 1. The molecular formula is C15H20ClF3N2O. The van der Waals surface area contributed by atoms with Crippen LogP contribution in [0, 0.1) is 5.92 Å². The van der Waals surface area contributed by atoms with Crippen molar-refractivity contribution in [2.24, 2.45) is 5.92 Å². The fraction of sp³-hybridized carbons (Fsp3) is 0.533. The summed E-state index contributed by atoms with van der Waals surface area (Å²) >= 11 is 0. The molecule has 7 heteroatoms. The van der Waals surface area contributed by atoms with Gasteiger partial charge in [0.15, 0.2) is 0 Å². The van der Waals surface area contributed by atoms with Crippen molar-refractivity contribution in [3.8, 4) is 0 Å². The monoisotopic (exact) mass is 336 g/mol. The van der Waals surface area contributed by atoms with Crippen LogP contribution in [0.4, 0.5) is 13.2 Å². The third-order valence-electron chi connectivity index (χ3n) is 3.74. The molecule has 1 N–H and O–H groups in total. The van der Waals surface area contributed by atoms with E-state index < -0.39 is 11.7 Å². The summed E-state index contributed by atoms with van der Waals surface area (Å²) in [5.41, 5.74) is -0.183. The topological polar surface area (TPSA) is 32.3 Å². The maximum Gasteiger partial charge on any atom is 0.416 e. The summed E-state index contributed by atoms with van der Waals surface area (Å²) in [5, 5.41) is 3.19. The normalized spacial score (nSPS) is 16.0. The summed E-state index contributed by atoms with van der Waals surface area (Å²) < 4.78 is 38.0. The molecule has 1 aliphatic rings. The van der Waals surface area contributed by atoms with E-state index in [1.54, 1.807) is 13.1 Å². The smallest absolute Gasteiger partial charge is 0.341 e. The number of carbonyl (C=O) groups excluding carboxylic acids is 1. The predicted octanol–water partition coefficient (Wildman–Crippen LogP) is 3.09. The molecule has 0 radical (unpaired) electrons. The summed E-state index contributed by atoms with van der Waals surface area (Å²) in [6.45, 7) is 1.83. The Hall–Kier alpha value is -1.27. The average molecular weight is 337 g/mol. The Kier molecular flexibility index (Phi) is 6.68. The van der Waals surface area contributed by atoms with Crippen molar-refractivity contribution in [1.29, 1.82) is 0 Å². The molecule has 0 unspecified atom stereocenters. The van der Waals surface area contributed by atoms with Crippen molar-refractivity contribution < 1.29 is 18.0 Å². The number of halogens is 4. The van der Waals surface area contributed by atoms with Crippen LogP contribution in [0.3, 0.4) is 0 Å². The van der Waals surface area contributed by atoms with Crippen LogP contribution in [0.2, 0.25) is 0 Å². The number of rotatable bonds is 3. The van der Waals surface area contributed by atoms with Gasteiger partial charge in [0.05, 0.1) is 5.56 Å². The van der Waals surface area contributed by atoms with E-state index in [1.165, 1.54) is 11.0 Å². The molecule has 0 atom stereocenters. The van der Waals surface area contributed by atoms with E-state index in [4.69, 9.17) is 0 Å². The molecule has 2 rings (SSSR count). The Morgan fingerprint density at radius 2 is 1.95 bits per heavy atom. The highest BCUT2D eigenvalue weighted by molar-refractivity contribution is 5.85. The molecule has 1 aromatic rings. The minimum atomic E-state index is -4.35.